The molecule has 0 heterocycles. The number of carbonyl (C=O) groups excluding carboxylic acids is 3. The fourth-order valence-electron chi connectivity index (χ4n) is 2.16. The van der Waals surface area contributed by atoms with Crippen LogP contribution in [0.1, 0.15) is 11.1 Å². The van der Waals surface area contributed by atoms with Gasteiger partial charge in [-0.2, -0.15) is 0 Å². The maximum absolute atomic E-state index is 13.4. The lowest BCUT2D eigenvalue weighted by Gasteiger charge is -2.10. The van der Waals surface area contributed by atoms with Gasteiger partial charge in [-0.15, -0.1) is 0 Å². The molecule has 0 aliphatic heterocycles. The number of hydrogen-bond donors (Lipinski definition) is 2. The highest BCUT2D eigenvalue weighted by molar-refractivity contribution is 6.01. The topological polar surface area (TPSA) is 93.7 Å². The molecule has 2 aromatic rings. The van der Waals surface area contributed by atoms with Crippen molar-refractivity contribution in [2.45, 2.75) is 13.8 Å². The van der Waals surface area contributed by atoms with Gasteiger partial charge in [0.2, 0.25) is 0 Å². The molecule has 8 heteroatoms. The third kappa shape index (κ3) is 6.43. The Morgan fingerprint density at radius 3 is 2.48 bits per heavy atom. The van der Waals surface area contributed by atoms with Gasteiger partial charge in [-0.05, 0) is 37.6 Å². The van der Waals surface area contributed by atoms with E-state index in [2.05, 4.69) is 5.32 Å². The van der Waals surface area contributed by atoms with Crippen LogP contribution in [0.5, 0.6) is 5.75 Å². The van der Waals surface area contributed by atoms with Gasteiger partial charge in [-0.3, -0.25) is 10.1 Å². The molecule has 0 fully saturated rings. The maximum Gasteiger partial charge on any atom is 0.344 e. The number of carbonyl (C=O) groups is 3. The highest BCUT2D eigenvalue weighted by Crippen LogP contribution is 2.18. The number of hydrogen-bond acceptors (Lipinski definition) is 5. The second-order valence-electron chi connectivity index (χ2n) is 5.70. The molecule has 0 atom stereocenters. The second-order valence-corrected chi connectivity index (χ2v) is 5.70. The number of nitrogens with one attached hydrogen (secondary N) is 2. The van der Waals surface area contributed by atoms with Crippen LogP contribution in [-0.4, -0.2) is 31.1 Å². The SMILES string of the molecule is Cc1ccc(OCC(=O)OCC(=O)NC(=O)Nc2ccccc2F)c(C)c1. The number of urea groups is 1. The zero-order chi connectivity index (χ0) is 19.8. The van der Waals surface area contributed by atoms with Crippen LogP contribution in [-0.2, 0) is 14.3 Å². The molecule has 0 unspecified atom stereocenters. The van der Waals surface area contributed by atoms with Crippen molar-refractivity contribution in [3.05, 3.63) is 59.4 Å². The predicted octanol–water partition coefficient (Wildman–Crippen LogP) is 2.71. The average molecular weight is 374 g/mol. The Labute approximate surface area is 155 Å². The van der Waals surface area contributed by atoms with Crippen LogP contribution in [0.25, 0.3) is 0 Å². The van der Waals surface area contributed by atoms with E-state index >= 15 is 0 Å². The minimum Gasteiger partial charge on any atom is -0.482 e. The van der Waals surface area contributed by atoms with Crippen molar-refractivity contribution >= 4 is 23.6 Å². The summed E-state index contributed by atoms with van der Waals surface area (Å²) in [5.41, 5.74) is 1.85. The van der Waals surface area contributed by atoms with Crippen molar-refractivity contribution in [3.63, 3.8) is 0 Å². The summed E-state index contributed by atoms with van der Waals surface area (Å²) in [6.45, 7) is 2.74. The summed E-state index contributed by atoms with van der Waals surface area (Å²) in [4.78, 5) is 34.9. The van der Waals surface area contributed by atoms with Crippen LogP contribution in [0.2, 0.25) is 0 Å². The van der Waals surface area contributed by atoms with E-state index in [1.807, 2.05) is 31.3 Å². The molecule has 2 rings (SSSR count). The zero-order valence-electron chi connectivity index (χ0n) is 14.9. The van der Waals surface area contributed by atoms with Gasteiger partial charge in [0.1, 0.15) is 11.6 Å². The lowest BCUT2D eigenvalue weighted by molar-refractivity contribution is -0.150. The van der Waals surface area contributed by atoms with Gasteiger partial charge in [0.25, 0.3) is 5.91 Å². The van der Waals surface area contributed by atoms with Crippen molar-refractivity contribution in [1.29, 1.82) is 0 Å². The molecule has 7 nitrogen and oxygen atoms in total. The summed E-state index contributed by atoms with van der Waals surface area (Å²) in [5.74, 6) is -1.73. The van der Waals surface area contributed by atoms with Crippen LogP contribution in [0, 0.1) is 19.7 Å². The third-order valence-electron chi connectivity index (χ3n) is 3.42. The number of halogens is 1. The first-order chi connectivity index (χ1) is 12.8. The summed E-state index contributed by atoms with van der Waals surface area (Å²) in [7, 11) is 0. The number of esters is 1. The summed E-state index contributed by atoms with van der Waals surface area (Å²) in [5, 5.41) is 4.10. The van der Waals surface area contributed by atoms with Gasteiger partial charge in [-0.25, -0.2) is 14.0 Å². The standard InChI is InChI=1S/C19H19FN2O5/c1-12-7-8-16(13(2)9-12)26-11-18(24)27-10-17(23)22-19(25)21-15-6-4-3-5-14(15)20/h3-9H,10-11H2,1-2H3,(H2,21,22,23,25). The molecular weight excluding hydrogens is 355 g/mol. The highest BCUT2D eigenvalue weighted by atomic mass is 19.1. The van der Waals surface area contributed by atoms with Crippen molar-refractivity contribution < 1.29 is 28.2 Å². The number of amides is 3. The largest absolute Gasteiger partial charge is 0.482 e. The molecule has 0 saturated carbocycles. The van der Waals surface area contributed by atoms with E-state index in [-0.39, 0.29) is 12.3 Å². The molecule has 0 radical (unpaired) electrons. The average Bonchev–Trinajstić information content (AvgIpc) is 2.61. The number of aryl methyl sites for hydroxylation is 2. The van der Waals surface area contributed by atoms with E-state index in [1.165, 1.54) is 18.2 Å². The number of para-hydroxylation sites is 1. The molecule has 27 heavy (non-hydrogen) atoms. The van der Waals surface area contributed by atoms with Crippen LogP contribution in [0.3, 0.4) is 0 Å². The molecule has 2 aromatic carbocycles. The minimum atomic E-state index is -0.937. The summed E-state index contributed by atoms with van der Waals surface area (Å²) >= 11 is 0. The van der Waals surface area contributed by atoms with Crippen LogP contribution < -0.4 is 15.4 Å². The van der Waals surface area contributed by atoms with E-state index in [1.54, 1.807) is 6.07 Å². The Kier molecular flexibility index (Phi) is 6.87. The van der Waals surface area contributed by atoms with E-state index in [9.17, 15) is 18.8 Å². The Bertz CT molecular complexity index is 854. The quantitative estimate of drug-likeness (QED) is 0.759. The molecule has 0 spiro atoms. The van der Waals surface area contributed by atoms with E-state index in [4.69, 9.17) is 9.47 Å². The van der Waals surface area contributed by atoms with E-state index in [0.717, 1.165) is 17.2 Å². The maximum atomic E-state index is 13.4. The molecule has 0 aliphatic rings. The first-order valence-electron chi connectivity index (χ1n) is 8.06. The second kappa shape index (κ2) is 9.33. The Hall–Kier alpha value is -3.42. The normalized spacial score (nSPS) is 10.0. The summed E-state index contributed by atoms with van der Waals surface area (Å²) < 4.78 is 23.5. The molecular formula is C19H19FN2O5. The van der Waals surface area contributed by atoms with Crippen LogP contribution in [0.15, 0.2) is 42.5 Å². The van der Waals surface area contributed by atoms with E-state index in [0.29, 0.717) is 5.75 Å². The number of imide groups is 1. The first kappa shape index (κ1) is 19.9. The first-order valence-corrected chi connectivity index (χ1v) is 8.06. The Morgan fingerprint density at radius 1 is 1.04 bits per heavy atom. The van der Waals surface area contributed by atoms with Gasteiger partial charge in [-0.1, -0.05) is 29.8 Å². The van der Waals surface area contributed by atoms with Crippen molar-refractivity contribution in [2.24, 2.45) is 0 Å². The number of ether oxygens (including phenoxy) is 2. The van der Waals surface area contributed by atoms with Crippen molar-refractivity contribution in [1.82, 2.24) is 5.32 Å². The van der Waals surface area contributed by atoms with Gasteiger partial charge in [0.15, 0.2) is 13.2 Å². The molecule has 0 aromatic heterocycles. The monoisotopic (exact) mass is 374 g/mol. The lowest BCUT2D eigenvalue weighted by Crippen LogP contribution is -2.37. The van der Waals surface area contributed by atoms with Crippen molar-refractivity contribution in [2.75, 3.05) is 18.5 Å². The van der Waals surface area contributed by atoms with Gasteiger partial charge < -0.3 is 14.8 Å². The third-order valence-corrected chi connectivity index (χ3v) is 3.42. The number of anilines is 1. The molecule has 0 bridgehead atoms. The summed E-state index contributed by atoms with van der Waals surface area (Å²) in [6.07, 6.45) is 0. The fraction of sp³-hybridized carbons (Fsp3) is 0.211. The molecule has 2 N–H and O–H groups in total. The van der Waals surface area contributed by atoms with Gasteiger partial charge in [0.05, 0.1) is 5.69 Å². The smallest absolute Gasteiger partial charge is 0.344 e. The lowest BCUT2D eigenvalue weighted by atomic mass is 10.1. The Morgan fingerprint density at radius 2 is 1.78 bits per heavy atom. The van der Waals surface area contributed by atoms with Crippen molar-refractivity contribution in [3.8, 4) is 5.75 Å². The predicted molar refractivity (Wildman–Crippen MR) is 95.9 cm³/mol. The highest BCUT2D eigenvalue weighted by Gasteiger charge is 2.13. The van der Waals surface area contributed by atoms with Gasteiger partial charge >= 0.3 is 12.0 Å². The summed E-state index contributed by atoms with van der Waals surface area (Å²) in [6, 6.07) is 10.0. The molecule has 0 saturated heterocycles. The van der Waals surface area contributed by atoms with E-state index < -0.39 is 30.3 Å². The Balaban J connectivity index is 1.72. The fourth-order valence-corrected chi connectivity index (χ4v) is 2.16. The number of rotatable bonds is 6. The van der Waals surface area contributed by atoms with Gasteiger partial charge in [0, 0.05) is 0 Å². The zero-order valence-corrected chi connectivity index (χ0v) is 14.9. The van der Waals surface area contributed by atoms with Crippen LogP contribution in [0.4, 0.5) is 14.9 Å². The number of benzene rings is 2. The molecule has 3 amide bonds. The molecule has 142 valence electrons. The van der Waals surface area contributed by atoms with Crippen LogP contribution >= 0.6 is 0 Å². The minimum absolute atomic E-state index is 0.0818. The molecule has 0 aliphatic carbocycles.